The van der Waals surface area contributed by atoms with Crippen LogP contribution in [-0.4, -0.2) is 17.2 Å². The Morgan fingerprint density at radius 3 is 2.45 bits per heavy atom. The molecular weight excluding hydrogens is 474 g/mol. The van der Waals surface area contributed by atoms with Crippen LogP contribution in [0.5, 0.6) is 5.75 Å². The van der Waals surface area contributed by atoms with Crippen LogP contribution < -0.4 is 10.2 Å². The Bertz CT molecular complexity index is 1200. The maximum Gasteiger partial charge on any atom is 0.343 e. The van der Waals surface area contributed by atoms with Crippen molar-refractivity contribution in [2.45, 2.75) is 6.92 Å². The van der Waals surface area contributed by atoms with Gasteiger partial charge in [0.1, 0.15) is 5.75 Å². The maximum atomic E-state index is 12.2. The number of hydrogen-bond acceptors (Lipinski definition) is 6. The van der Waals surface area contributed by atoms with Crippen molar-refractivity contribution in [1.29, 1.82) is 0 Å². The molecule has 0 atom stereocenters. The zero-order valence-corrected chi connectivity index (χ0v) is 19.0. The molecule has 31 heavy (non-hydrogen) atoms. The van der Waals surface area contributed by atoms with Crippen LogP contribution in [-0.2, 0) is 0 Å². The fourth-order valence-corrected chi connectivity index (χ4v) is 3.89. The van der Waals surface area contributed by atoms with Gasteiger partial charge in [-0.05, 0) is 61.0 Å². The van der Waals surface area contributed by atoms with Crippen molar-refractivity contribution in [3.05, 3.63) is 99.3 Å². The van der Waals surface area contributed by atoms with E-state index in [0.29, 0.717) is 11.3 Å². The number of benzene rings is 3. The second kappa shape index (κ2) is 9.68. The van der Waals surface area contributed by atoms with Crippen molar-refractivity contribution in [1.82, 2.24) is 4.98 Å². The molecule has 0 amide bonds. The Balaban J connectivity index is 1.36. The number of halogens is 1. The number of hydrazone groups is 1. The number of nitrogens with one attached hydrogen (secondary N) is 1. The molecule has 0 aliphatic heterocycles. The smallest absolute Gasteiger partial charge is 0.343 e. The van der Waals surface area contributed by atoms with Gasteiger partial charge in [-0.15, -0.1) is 11.3 Å². The van der Waals surface area contributed by atoms with E-state index in [-0.39, 0.29) is 0 Å². The molecule has 5 nitrogen and oxygen atoms in total. The van der Waals surface area contributed by atoms with Crippen molar-refractivity contribution >= 4 is 44.6 Å². The Labute approximate surface area is 192 Å². The number of aromatic nitrogens is 1. The number of carbonyl (C=O) groups is 1. The van der Waals surface area contributed by atoms with Crippen LogP contribution >= 0.6 is 27.3 Å². The molecule has 1 heterocycles. The lowest BCUT2D eigenvalue weighted by Gasteiger charge is -2.04. The molecule has 4 aromatic rings. The van der Waals surface area contributed by atoms with Crippen molar-refractivity contribution in [3.63, 3.8) is 0 Å². The zero-order valence-electron chi connectivity index (χ0n) is 16.6. The maximum absolute atomic E-state index is 12.2. The van der Waals surface area contributed by atoms with Crippen LogP contribution in [0.2, 0.25) is 0 Å². The third-order valence-electron chi connectivity index (χ3n) is 4.39. The Kier molecular flexibility index (Phi) is 6.54. The Hall–Kier alpha value is -3.29. The molecule has 0 aliphatic carbocycles. The summed E-state index contributed by atoms with van der Waals surface area (Å²) < 4.78 is 6.31. The summed E-state index contributed by atoms with van der Waals surface area (Å²) in [7, 11) is 0. The highest BCUT2D eigenvalue weighted by molar-refractivity contribution is 9.10. The number of ether oxygens (including phenoxy) is 1. The van der Waals surface area contributed by atoms with Crippen LogP contribution in [0.4, 0.5) is 5.13 Å². The summed E-state index contributed by atoms with van der Waals surface area (Å²) in [6.45, 7) is 2.04. The SMILES string of the molecule is Cc1sc(N/N=C\c2ccc(OC(=O)c3ccc(Br)cc3)cc2)nc1-c1ccccc1. The molecule has 1 N–H and O–H groups in total. The largest absolute Gasteiger partial charge is 0.423 e. The third kappa shape index (κ3) is 5.45. The second-order valence-electron chi connectivity index (χ2n) is 6.63. The molecule has 0 unspecified atom stereocenters. The number of nitrogens with zero attached hydrogens (tertiary/aromatic N) is 2. The van der Waals surface area contributed by atoms with Crippen LogP contribution in [0.15, 0.2) is 88.4 Å². The van der Waals surface area contributed by atoms with Gasteiger partial charge in [0.2, 0.25) is 5.13 Å². The Morgan fingerprint density at radius 1 is 1.03 bits per heavy atom. The molecule has 0 saturated carbocycles. The van der Waals surface area contributed by atoms with Crippen molar-refractivity contribution in [2.75, 3.05) is 5.43 Å². The van der Waals surface area contributed by atoms with E-state index in [1.54, 1.807) is 53.9 Å². The quantitative estimate of drug-likeness (QED) is 0.144. The average Bonchev–Trinajstić information content (AvgIpc) is 3.16. The highest BCUT2D eigenvalue weighted by Gasteiger charge is 2.09. The summed E-state index contributed by atoms with van der Waals surface area (Å²) in [5.41, 5.74) is 6.39. The van der Waals surface area contributed by atoms with E-state index in [2.05, 4.69) is 31.4 Å². The van der Waals surface area contributed by atoms with Crippen LogP contribution in [0, 0.1) is 6.92 Å². The minimum atomic E-state index is -0.399. The summed E-state index contributed by atoms with van der Waals surface area (Å²) in [6, 6.07) is 24.2. The van der Waals surface area contributed by atoms with Crippen molar-refractivity contribution in [2.24, 2.45) is 5.10 Å². The van der Waals surface area contributed by atoms with Crippen LogP contribution in [0.25, 0.3) is 11.3 Å². The van der Waals surface area contributed by atoms with Crippen LogP contribution in [0.1, 0.15) is 20.8 Å². The molecule has 3 aromatic carbocycles. The number of aryl methyl sites for hydroxylation is 1. The molecule has 154 valence electrons. The first-order valence-electron chi connectivity index (χ1n) is 9.48. The van der Waals surface area contributed by atoms with E-state index in [9.17, 15) is 4.79 Å². The number of carbonyl (C=O) groups excluding carboxylic acids is 1. The van der Waals surface area contributed by atoms with Gasteiger partial charge >= 0.3 is 5.97 Å². The van der Waals surface area contributed by atoms with Crippen molar-refractivity contribution in [3.8, 4) is 17.0 Å². The minimum Gasteiger partial charge on any atom is -0.423 e. The first-order chi connectivity index (χ1) is 15.1. The van der Waals surface area contributed by atoms with E-state index in [1.807, 2.05) is 49.4 Å². The molecule has 0 spiro atoms. The predicted molar refractivity (Wildman–Crippen MR) is 129 cm³/mol. The number of hydrogen-bond donors (Lipinski definition) is 1. The third-order valence-corrected chi connectivity index (χ3v) is 5.79. The molecule has 1 aromatic heterocycles. The summed E-state index contributed by atoms with van der Waals surface area (Å²) in [5, 5.41) is 5.00. The molecule has 0 bridgehead atoms. The molecule has 4 rings (SSSR count). The number of rotatable bonds is 6. The highest BCUT2D eigenvalue weighted by atomic mass is 79.9. The first kappa shape index (κ1) is 21.0. The minimum absolute atomic E-state index is 0.399. The van der Waals surface area contributed by atoms with Gasteiger partial charge in [-0.3, -0.25) is 5.43 Å². The van der Waals surface area contributed by atoms with Gasteiger partial charge in [0.05, 0.1) is 17.5 Å². The fourth-order valence-electron chi connectivity index (χ4n) is 2.84. The van der Waals surface area contributed by atoms with E-state index in [0.717, 1.165) is 31.3 Å². The second-order valence-corrected chi connectivity index (χ2v) is 8.74. The number of thiazole rings is 1. The molecular formula is C24H18BrN3O2S. The standard InChI is InChI=1S/C24H18BrN3O2S/c1-16-22(18-5-3-2-4-6-18)27-24(31-16)28-26-15-17-7-13-21(14-8-17)30-23(29)19-9-11-20(25)12-10-19/h2-15H,1H3,(H,27,28)/b26-15-. The van der Waals surface area contributed by atoms with Gasteiger partial charge in [-0.25, -0.2) is 9.78 Å². The molecule has 0 fully saturated rings. The molecule has 0 radical (unpaired) electrons. The van der Waals surface area contributed by atoms with Gasteiger partial charge < -0.3 is 4.74 Å². The Morgan fingerprint density at radius 2 is 1.74 bits per heavy atom. The van der Waals surface area contributed by atoms with Crippen LogP contribution in [0.3, 0.4) is 0 Å². The average molecular weight is 492 g/mol. The van der Waals surface area contributed by atoms with Gasteiger partial charge in [0, 0.05) is 14.9 Å². The highest BCUT2D eigenvalue weighted by Crippen LogP contribution is 2.30. The molecule has 7 heteroatoms. The monoisotopic (exact) mass is 491 g/mol. The van der Waals surface area contributed by atoms with Gasteiger partial charge in [-0.1, -0.05) is 46.3 Å². The topological polar surface area (TPSA) is 63.6 Å². The zero-order chi connectivity index (χ0) is 21.6. The van der Waals surface area contributed by atoms with Gasteiger partial charge in [0.15, 0.2) is 0 Å². The normalized spacial score (nSPS) is 10.9. The summed E-state index contributed by atoms with van der Waals surface area (Å²) >= 11 is 4.90. The fraction of sp³-hybridized carbons (Fsp3) is 0.0417. The first-order valence-corrected chi connectivity index (χ1v) is 11.1. The molecule has 0 saturated heterocycles. The number of anilines is 1. The van der Waals surface area contributed by atoms with E-state index in [1.165, 1.54) is 0 Å². The lowest BCUT2D eigenvalue weighted by molar-refractivity contribution is 0.0734. The van der Waals surface area contributed by atoms with Gasteiger partial charge in [-0.2, -0.15) is 5.10 Å². The summed E-state index contributed by atoms with van der Waals surface area (Å²) in [5.74, 6) is 0.0741. The summed E-state index contributed by atoms with van der Waals surface area (Å²) in [4.78, 5) is 17.9. The van der Waals surface area contributed by atoms with Gasteiger partial charge in [0.25, 0.3) is 0 Å². The lowest BCUT2D eigenvalue weighted by Crippen LogP contribution is -2.08. The van der Waals surface area contributed by atoms with E-state index < -0.39 is 5.97 Å². The molecule has 0 aliphatic rings. The van der Waals surface area contributed by atoms with E-state index >= 15 is 0 Å². The number of esters is 1. The van der Waals surface area contributed by atoms with E-state index in [4.69, 9.17) is 4.74 Å². The lowest BCUT2D eigenvalue weighted by atomic mass is 10.1. The summed E-state index contributed by atoms with van der Waals surface area (Å²) in [6.07, 6.45) is 1.69. The predicted octanol–water partition coefficient (Wildman–Crippen LogP) is 6.55. The van der Waals surface area contributed by atoms with Crippen molar-refractivity contribution < 1.29 is 9.53 Å².